The van der Waals surface area contributed by atoms with E-state index in [0.29, 0.717) is 5.01 Å². The molecule has 4 nitrogen and oxygen atoms in total. The second kappa shape index (κ2) is 6.90. The number of carbonyl (C=O) groups excluding carboxylic acids is 1. The summed E-state index contributed by atoms with van der Waals surface area (Å²) in [5, 5.41) is 14.5. The molecule has 3 rings (SSSR count). The Labute approximate surface area is 156 Å². The van der Waals surface area contributed by atoms with Crippen LogP contribution >= 0.6 is 23.2 Å². The van der Waals surface area contributed by atoms with Gasteiger partial charge in [-0.25, -0.2) is 0 Å². The first-order valence-corrected chi connectivity index (χ1v) is 8.14. The van der Waals surface area contributed by atoms with Crippen molar-refractivity contribution in [2.45, 2.75) is 12.3 Å². The van der Waals surface area contributed by atoms with Crippen molar-refractivity contribution in [3.8, 4) is 0 Å². The van der Waals surface area contributed by atoms with Gasteiger partial charge in [0.05, 0.1) is 11.8 Å². The van der Waals surface area contributed by atoms with Crippen LogP contribution in [0.15, 0.2) is 53.6 Å². The number of hydrogen-bond donors (Lipinski definition) is 1. The van der Waals surface area contributed by atoms with E-state index < -0.39 is 29.8 Å². The van der Waals surface area contributed by atoms with Gasteiger partial charge in [-0.15, -0.1) is 0 Å². The Balaban J connectivity index is 2.08. The summed E-state index contributed by atoms with van der Waals surface area (Å²) in [5.74, 6) is -3.00. The number of para-hydroxylation sites is 1. The highest BCUT2D eigenvalue weighted by molar-refractivity contribution is 6.36. The molecule has 1 aliphatic heterocycles. The lowest BCUT2D eigenvalue weighted by Gasteiger charge is -2.22. The monoisotopic (exact) mass is 402 g/mol. The molecule has 136 valence electrons. The van der Waals surface area contributed by atoms with E-state index in [-0.39, 0.29) is 21.3 Å². The number of aliphatic hydroxyl groups is 1. The standard InChI is InChI=1S/C17H11Cl2F3N2O2/c18-10-7-4-8-11(19)12(10)14(25)13-15(17(20,21)22)23-24(16(13)26)9-5-2-1-3-6-9/h1-8,13-14,25H/t13-,14+/m1/s1. The van der Waals surface area contributed by atoms with Crippen LogP contribution in [0.25, 0.3) is 0 Å². The molecule has 0 unspecified atom stereocenters. The van der Waals surface area contributed by atoms with Gasteiger partial charge in [0.15, 0.2) is 5.71 Å². The normalized spacial score (nSPS) is 18.8. The van der Waals surface area contributed by atoms with Crippen LogP contribution in [-0.2, 0) is 4.79 Å². The number of hydrazone groups is 1. The minimum Gasteiger partial charge on any atom is -0.387 e. The summed E-state index contributed by atoms with van der Waals surface area (Å²) in [4.78, 5) is 12.7. The quantitative estimate of drug-likeness (QED) is 0.814. The van der Waals surface area contributed by atoms with Crippen molar-refractivity contribution in [2.24, 2.45) is 11.0 Å². The second-order valence-corrected chi connectivity index (χ2v) is 6.34. The van der Waals surface area contributed by atoms with Gasteiger partial charge in [0.25, 0.3) is 5.91 Å². The summed E-state index contributed by atoms with van der Waals surface area (Å²) in [7, 11) is 0. The van der Waals surface area contributed by atoms with Gasteiger partial charge in [-0.3, -0.25) is 4.79 Å². The fraction of sp³-hybridized carbons (Fsp3) is 0.176. The number of anilines is 1. The summed E-state index contributed by atoms with van der Waals surface area (Å²) >= 11 is 12.0. The third-order valence-electron chi connectivity index (χ3n) is 3.88. The molecular weight excluding hydrogens is 392 g/mol. The van der Waals surface area contributed by atoms with Crippen molar-refractivity contribution >= 4 is 40.5 Å². The molecule has 1 aliphatic rings. The Morgan fingerprint density at radius 3 is 2.15 bits per heavy atom. The lowest BCUT2D eigenvalue weighted by atomic mass is 9.90. The number of amides is 1. The Morgan fingerprint density at radius 2 is 1.62 bits per heavy atom. The molecule has 0 aliphatic carbocycles. The first-order valence-electron chi connectivity index (χ1n) is 7.38. The number of hydrogen-bond acceptors (Lipinski definition) is 3. The summed E-state index contributed by atoms with van der Waals surface area (Å²) in [6.07, 6.45) is -6.82. The highest BCUT2D eigenvalue weighted by atomic mass is 35.5. The molecule has 0 saturated heterocycles. The third kappa shape index (κ3) is 3.30. The van der Waals surface area contributed by atoms with Gasteiger partial charge in [-0.2, -0.15) is 23.3 Å². The predicted molar refractivity (Wildman–Crippen MR) is 92.3 cm³/mol. The Hall–Kier alpha value is -2.09. The van der Waals surface area contributed by atoms with Crippen LogP contribution < -0.4 is 5.01 Å². The molecule has 0 saturated carbocycles. The summed E-state index contributed by atoms with van der Waals surface area (Å²) < 4.78 is 40.4. The van der Waals surface area contributed by atoms with Crippen molar-refractivity contribution in [3.05, 3.63) is 64.1 Å². The molecule has 0 radical (unpaired) electrons. The second-order valence-electron chi connectivity index (χ2n) is 5.53. The molecule has 26 heavy (non-hydrogen) atoms. The topological polar surface area (TPSA) is 52.9 Å². The molecule has 2 aromatic rings. The van der Waals surface area contributed by atoms with Crippen molar-refractivity contribution in [1.82, 2.24) is 0 Å². The van der Waals surface area contributed by atoms with Gasteiger partial charge in [-0.1, -0.05) is 47.5 Å². The average Bonchev–Trinajstić information content (AvgIpc) is 2.93. The van der Waals surface area contributed by atoms with Crippen LogP contribution in [-0.4, -0.2) is 22.9 Å². The number of halogens is 5. The zero-order valence-electron chi connectivity index (χ0n) is 12.9. The molecule has 0 bridgehead atoms. The van der Waals surface area contributed by atoms with E-state index in [9.17, 15) is 23.1 Å². The Morgan fingerprint density at radius 1 is 1.04 bits per heavy atom. The van der Waals surface area contributed by atoms with Gasteiger partial charge in [0, 0.05) is 15.6 Å². The van der Waals surface area contributed by atoms with E-state index in [1.807, 2.05) is 0 Å². The first-order chi connectivity index (χ1) is 12.2. The fourth-order valence-electron chi connectivity index (χ4n) is 2.70. The largest absolute Gasteiger partial charge is 0.432 e. The minimum absolute atomic E-state index is 0.0440. The molecule has 1 amide bonds. The first kappa shape index (κ1) is 18.7. The van der Waals surface area contributed by atoms with Gasteiger partial charge in [0.2, 0.25) is 0 Å². The van der Waals surface area contributed by atoms with Gasteiger partial charge < -0.3 is 5.11 Å². The number of benzene rings is 2. The average molecular weight is 403 g/mol. The van der Waals surface area contributed by atoms with E-state index in [1.54, 1.807) is 18.2 Å². The maximum atomic E-state index is 13.5. The third-order valence-corrected chi connectivity index (χ3v) is 4.54. The molecule has 1 N–H and O–H groups in total. The number of aliphatic hydroxyl groups excluding tert-OH is 1. The molecule has 2 aromatic carbocycles. The number of alkyl halides is 3. The highest BCUT2D eigenvalue weighted by Gasteiger charge is 2.53. The summed E-state index contributed by atoms with van der Waals surface area (Å²) in [6.45, 7) is 0. The Kier molecular flexibility index (Phi) is 4.96. The molecular formula is C17H11Cl2F3N2O2. The number of nitrogens with zero attached hydrogens (tertiary/aromatic N) is 2. The molecule has 2 atom stereocenters. The van der Waals surface area contributed by atoms with Crippen LogP contribution in [0.2, 0.25) is 10.0 Å². The number of carbonyl (C=O) groups is 1. The lowest BCUT2D eigenvalue weighted by molar-refractivity contribution is -0.123. The fourth-order valence-corrected chi connectivity index (χ4v) is 3.32. The van der Waals surface area contributed by atoms with Crippen molar-refractivity contribution in [1.29, 1.82) is 0 Å². The van der Waals surface area contributed by atoms with Crippen molar-refractivity contribution in [2.75, 3.05) is 5.01 Å². The molecule has 0 spiro atoms. The van der Waals surface area contributed by atoms with Crippen LogP contribution in [0.4, 0.5) is 18.9 Å². The van der Waals surface area contributed by atoms with E-state index in [1.165, 1.54) is 30.3 Å². The maximum Gasteiger partial charge on any atom is 0.432 e. The molecule has 0 aromatic heterocycles. The van der Waals surface area contributed by atoms with E-state index in [2.05, 4.69) is 5.10 Å². The minimum atomic E-state index is -4.92. The summed E-state index contributed by atoms with van der Waals surface area (Å²) in [5.41, 5.74) is -1.41. The predicted octanol–water partition coefficient (Wildman–Crippen LogP) is 4.61. The zero-order valence-corrected chi connectivity index (χ0v) is 14.4. The summed E-state index contributed by atoms with van der Waals surface area (Å²) in [6, 6.07) is 11.8. The molecule has 9 heteroatoms. The highest BCUT2D eigenvalue weighted by Crippen LogP contribution is 2.41. The van der Waals surface area contributed by atoms with Crippen LogP contribution in [0.3, 0.4) is 0 Å². The van der Waals surface area contributed by atoms with Gasteiger partial charge >= 0.3 is 6.18 Å². The Bertz CT molecular complexity index is 852. The van der Waals surface area contributed by atoms with Gasteiger partial charge in [0.1, 0.15) is 5.92 Å². The van der Waals surface area contributed by atoms with Gasteiger partial charge in [-0.05, 0) is 24.3 Å². The van der Waals surface area contributed by atoms with Crippen LogP contribution in [0.1, 0.15) is 11.7 Å². The SMILES string of the molecule is O=C1[C@H]([C@@H](O)c2c(Cl)cccc2Cl)C(C(F)(F)F)=NN1c1ccccc1. The van der Waals surface area contributed by atoms with E-state index >= 15 is 0 Å². The smallest absolute Gasteiger partial charge is 0.387 e. The van der Waals surface area contributed by atoms with E-state index in [0.717, 1.165) is 0 Å². The molecule has 0 fully saturated rings. The van der Waals surface area contributed by atoms with Crippen LogP contribution in [0, 0.1) is 5.92 Å². The van der Waals surface area contributed by atoms with Crippen molar-refractivity contribution < 1.29 is 23.1 Å². The zero-order chi connectivity index (χ0) is 19.1. The van der Waals surface area contributed by atoms with E-state index in [4.69, 9.17) is 23.2 Å². The lowest BCUT2D eigenvalue weighted by Crippen LogP contribution is -2.37. The number of rotatable bonds is 3. The van der Waals surface area contributed by atoms with Crippen molar-refractivity contribution in [3.63, 3.8) is 0 Å². The molecule has 1 heterocycles. The van der Waals surface area contributed by atoms with Crippen LogP contribution in [0.5, 0.6) is 0 Å². The maximum absolute atomic E-state index is 13.5.